The summed E-state index contributed by atoms with van der Waals surface area (Å²) < 4.78 is 5.40. The van der Waals surface area contributed by atoms with Gasteiger partial charge in [0.25, 0.3) is 0 Å². The highest BCUT2D eigenvalue weighted by Gasteiger charge is 2.27. The molecule has 2 heterocycles. The second-order valence-electron chi connectivity index (χ2n) is 7.49. The van der Waals surface area contributed by atoms with Crippen molar-refractivity contribution in [2.24, 2.45) is 5.92 Å². The van der Waals surface area contributed by atoms with E-state index in [1.807, 2.05) is 32.2 Å². The number of carbonyl (C=O) groups is 1. The zero-order chi connectivity index (χ0) is 18.8. The number of amides is 1. The fraction of sp³-hybridized carbons (Fsp3) is 0.476. The van der Waals surface area contributed by atoms with Gasteiger partial charge in [0.15, 0.2) is 0 Å². The molecule has 1 atom stereocenters. The smallest absolute Gasteiger partial charge is 0.227 e. The van der Waals surface area contributed by atoms with Crippen molar-refractivity contribution in [3.8, 4) is 0 Å². The van der Waals surface area contributed by atoms with Crippen molar-refractivity contribution >= 4 is 17.5 Å². The van der Waals surface area contributed by atoms with E-state index in [0.717, 1.165) is 73.2 Å². The normalized spacial score (nSPS) is 19.5. The van der Waals surface area contributed by atoms with Crippen LogP contribution in [-0.2, 0) is 22.4 Å². The lowest BCUT2D eigenvalue weighted by molar-refractivity contribution is -0.120. The van der Waals surface area contributed by atoms with E-state index in [4.69, 9.17) is 9.72 Å². The van der Waals surface area contributed by atoms with Gasteiger partial charge in [0.1, 0.15) is 0 Å². The van der Waals surface area contributed by atoms with Gasteiger partial charge in [0, 0.05) is 36.6 Å². The monoisotopic (exact) mass is 366 g/mol. The van der Waals surface area contributed by atoms with Gasteiger partial charge in [-0.25, -0.2) is 9.97 Å². The number of rotatable bonds is 3. The van der Waals surface area contributed by atoms with Gasteiger partial charge in [-0.2, -0.15) is 0 Å². The van der Waals surface area contributed by atoms with Gasteiger partial charge in [-0.05, 0) is 55.9 Å². The minimum absolute atomic E-state index is 0.0322. The zero-order valence-electron chi connectivity index (χ0n) is 16.0. The van der Waals surface area contributed by atoms with Crippen molar-refractivity contribution in [3.63, 3.8) is 0 Å². The van der Waals surface area contributed by atoms with E-state index >= 15 is 0 Å². The highest BCUT2D eigenvalue weighted by molar-refractivity contribution is 5.93. The predicted octanol–water partition coefficient (Wildman–Crippen LogP) is 2.67. The van der Waals surface area contributed by atoms with E-state index in [1.165, 1.54) is 0 Å². The molecule has 0 unspecified atom stereocenters. The number of hydrogen-bond donors (Lipinski definition) is 1. The molecule has 4 rings (SSSR count). The average Bonchev–Trinajstić information content (AvgIpc) is 2.70. The number of hydrogen-bond acceptors (Lipinski definition) is 5. The molecule has 0 spiro atoms. The van der Waals surface area contributed by atoms with Crippen molar-refractivity contribution in [2.75, 3.05) is 36.5 Å². The number of nitrogens with zero attached hydrogens (tertiary/aromatic N) is 3. The standard InChI is InChI=1S/C21H26N4O2/c1-14-3-4-15(2)19(11-14)23-20(26)16-5-6-18-17(12-16)13-22-21(24-18)25-7-9-27-10-8-25/h3-4,11,13,16H,5-10,12H2,1-2H3,(H,23,26)/t16-/m1/s1. The lowest BCUT2D eigenvalue weighted by Gasteiger charge is -2.29. The van der Waals surface area contributed by atoms with Crippen LogP contribution in [0.4, 0.5) is 11.6 Å². The average molecular weight is 366 g/mol. The Hall–Kier alpha value is -2.47. The number of fused-ring (bicyclic) bond motifs is 1. The first-order valence-electron chi connectivity index (χ1n) is 9.66. The van der Waals surface area contributed by atoms with Crippen molar-refractivity contribution < 1.29 is 9.53 Å². The molecule has 0 bridgehead atoms. The van der Waals surface area contributed by atoms with Crippen LogP contribution in [0.15, 0.2) is 24.4 Å². The fourth-order valence-electron chi connectivity index (χ4n) is 3.74. The Bertz CT molecular complexity index is 846. The van der Waals surface area contributed by atoms with Crippen molar-refractivity contribution in [1.29, 1.82) is 0 Å². The van der Waals surface area contributed by atoms with Crippen LogP contribution in [0.3, 0.4) is 0 Å². The molecule has 1 fully saturated rings. The lowest BCUT2D eigenvalue weighted by atomic mass is 9.86. The Morgan fingerprint density at radius 2 is 2.07 bits per heavy atom. The van der Waals surface area contributed by atoms with Crippen LogP contribution in [0.25, 0.3) is 0 Å². The molecule has 142 valence electrons. The lowest BCUT2D eigenvalue weighted by Crippen LogP contribution is -2.38. The number of carbonyl (C=O) groups excluding carboxylic acids is 1. The SMILES string of the molecule is Cc1ccc(C)c(NC(=O)[C@@H]2CCc3nc(N4CCOCC4)ncc3C2)c1. The Labute approximate surface area is 160 Å². The molecule has 1 saturated heterocycles. The van der Waals surface area contributed by atoms with Crippen molar-refractivity contribution in [1.82, 2.24) is 9.97 Å². The first-order chi connectivity index (χ1) is 13.1. The van der Waals surface area contributed by atoms with Crippen LogP contribution >= 0.6 is 0 Å². The molecule has 0 saturated carbocycles. The maximum atomic E-state index is 12.8. The first kappa shape index (κ1) is 17.9. The molecular formula is C21H26N4O2. The molecule has 1 amide bonds. The Balaban J connectivity index is 1.44. The van der Waals surface area contributed by atoms with Gasteiger partial charge < -0.3 is 15.0 Å². The van der Waals surface area contributed by atoms with E-state index in [9.17, 15) is 4.79 Å². The van der Waals surface area contributed by atoms with Crippen molar-refractivity contribution in [2.45, 2.75) is 33.1 Å². The molecule has 27 heavy (non-hydrogen) atoms. The predicted molar refractivity (Wildman–Crippen MR) is 105 cm³/mol. The van der Waals surface area contributed by atoms with E-state index in [2.05, 4.69) is 21.3 Å². The topological polar surface area (TPSA) is 67.4 Å². The minimum atomic E-state index is -0.0322. The van der Waals surface area contributed by atoms with Gasteiger partial charge in [-0.15, -0.1) is 0 Å². The summed E-state index contributed by atoms with van der Waals surface area (Å²) in [6, 6.07) is 6.13. The Morgan fingerprint density at radius 1 is 1.26 bits per heavy atom. The molecule has 1 N–H and O–H groups in total. The largest absolute Gasteiger partial charge is 0.378 e. The fourth-order valence-corrected chi connectivity index (χ4v) is 3.74. The van der Waals surface area contributed by atoms with Crippen LogP contribution in [-0.4, -0.2) is 42.2 Å². The molecule has 1 aliphatic carbocycles. The summed E-state index contributed by atoms with van der Waals surface area (Å²) in [5.41, 5.74) is 5.32. The third-order valence-electron chi connectivity index (χ3n) is 5.45. The molecule has 1 aliphatic heterocycles. The number of anilines is 2. The third kappa shape index (κ3) is 3.95. The number of morpholine rings is 1. The van der Waals surface area contributed by atoms with E-state index in [-0.39, 0.29) is 11.8 Å². The molecule has 2 aromatic rings. The molecule has 1 aromatic heterocycles. The quantitative estimate of drug-likeness (QED) is 0.905. The van der Waals surface area contributed by atoms with E-state index in [1.54, 1.807) is 0 Å². The second-order valence-corrected chi connectivity index (χ2v) is 7.49. The molecule has 1 aromatic carbocycles. The van der Waals surface area contributed by atoms with Gasteiger partial charge in [-0.3, -0.25) is 4.79 Å². The van der Waals surface area contributed by atoms with Crippen LogP contribution < -0.4 is 10.2 Å². The Kier molecular flexibility index (Phi) is 5.07. The summed E-state index contributed by atoms with van der Waals surface area (Å²) in [6.07, 6.45) is 4.25. The van der Waals surface area contributed by atoms with Crippen LogP contribution in [0.5, 0.6) is 0 Å². The number of nitrogens with one attached hydrogen (secondary N) is 1. The number of aryl methyl sites for hydroxylation is 3. The van der Waals surface area contributed by atoms with Gasteiger partial charge in [-0.1, -0.05) is 12.1 Å². The molecular weight excluding hydrogens is 340 g/mol. The number of aromatic nitrogens is 2. The Morgan fingerprint density at radius 3 is 2.89 bits per heavy atom. The number of benzene rings is 1. The maximum Gasteiger partial charge on any atom is 0.227 e. The second kappa shape index (κ2) is 7.64. The van der Waals surface area contributed by atoms with E-state index in [0.29, 0.717) is 6.42 Å². The van der Waals surface area contributed by atoms with Crippen molar-refractivity contribution in [3.05, 3.63) is 46.8 Å². The summed E-state index contributed by atoms with van der Waals surface area (Å²) in [5.74, 6) is 0.845. The zero-order valence-corrected chi connectivity index (χ0v) is 16.0. The van der Waals surface area contributed by atoms with Crippen LogP contribution in [0.1, 0.15) is 28.8 Å². The first-order valence-corrected chi connectivity index (χ1v) is 9.66. The highest BCUT2D eigenvalue weighted by atomic mass is 16.5. The molecule has 6 heteroatoms. The summed E-state index contributed by atoms with van der Waals surface area (Å²) in [6.45, 7) is 7.17. The summed E-state index contributed by atoms with van der Waals surface area (Å²) in [5, 5.41) is 3.11. The van der Waals surface area contributed by atoms with Gasteiger partial charge >= 0.3 is 0 Å². The third-order valence-corrected chi connectivity index (χ3v) is 5.45. The minimum Gasteiger partial charge on any atom is -0.378 e. The molecule has 6 nitrogen and oxygen atoms in total. The van der Waals surface area contributed by atoms with Gasteiger partial charge in [0.2, 0.25) is 11.9 Å². The number of ether oxygens (including phenoxy) is 1. The summed E-state index contributed by atoms with van der Waals surface area (Å²) in [7, 11) is 0. The van der Waals surface area contributed by atoms with Crippen LogP contribution in [0, 0.1) is 19.8 Å². The highest BCUT2D eigenvalue weighted by Crippen LogP contribution is 2.27. The maximum absolute atomic E-state index is 12.8. The van der Waals surface area contributed by atoms with Gasteiger partial charge in [0.05, 0.1) is 13.2 Å². The summed E-state index contributed by atoms with van der Waals surface area (Å²) >= 11 is 0. The summed E-state index contributed by atoms with van der Waals surface area (Å²) in [4.78, 5) is 24.3. The van der Waals surface area contributed by atoms with Crippen LogP contribution in [0.2, 0.25) is 0 Å². The van der Waals surface area contributed by atoms with E-state index < -0.39 is 0 Å². The molecule has 2 aliphatic rings. The molecule has 0 radical (unpaired) electrons.